The Bertz CT molecular complexity index is 502. The first kappa shape index (κ1) is 14.7. The summed E-state index contributed by atoms with van der Waals surface area (Å²) in [6, 6.07) is 6.47. The molecule has 0 bridgehead atoms. The predicted molar refractivity (Wildman–Crippen MR) is 71.2 cm³/mol. The largest absolute Gasteiger partial charge is 0.343 e. The van der Waals surface area contributed by atoms with Gasteiger partial charge in [-0.25, -0.2) is 8.42 Å². The smallest absolute Gasteiger partial charge is 0.226 e. The van der Waals surface area contributed by atoms with E-state index >= 15 is 0 Å². The highest BCUT2D eigenvalue weighted by Gasteiger charge is 2.11. The highest BCUT2D eigenvalue weighted by atomic mass is 32.2. The summed E-state index contributed by atoms with van der Waals surface area (Å²) in [6.07, 6.45) is 1.48. The molecule has 0 heterocycles. The number of rotatable bonds is 5. The SMILES string of the molecule is CCN(CC)C(=O)Cc1ccc(S(C)(=O)=O)cc1. The van der Waals surface area contributed by atoms with E-state index in [1.807, 2.05) is 13.8 Å². The lowest BCUT2D eigenvalue weighted by Crippen LogP contribution is -2.31. The van der Waals surface area contributed by atoms with E-state index in [0.717, 1.165) is 5.56 Å². The van der Waals surface area contributed by atoms with Crippen LogP contribution in [0.5, 0.6) is 0 Å². The number of hydrogen-bond donors (Lipinski definition) is 0. The predicted octanol–water partition coefficient (Wildman–Crippen LogP) is 1.50. The minimum Gasteiger partial charge on any atom is -0.343 e. The average Bonchev–Trinajstić information content (AvgIpc) is 2.30. The molecule has 0 N–H and O–H groups in total. The van der Waals surface area contributed by atoms with Crippen molar-refractivity contribution in [3.05, 3.63) is 29.8 Å². The lowest BCUT2D eigenvalue weighted by molar-refractivity contribution is -0.130. The van der Waals surface area contributed by atoms with Gasteiger partial charge in [-0.2, -0.15) is 0 Å². The maximum atomic E-state index is 11.9. The van der Waals surface area contributed by atoms with E-state index in [1.165, 1.54) is 6.26 Å². The zero-order valence-corrected chi connectivity index (χ0v) is 11.8. The Kier molecular flexibility index (Phi) is 4.90. The van der Waals surface area contributed by atoms with Crippen LogP contribution in [0.2, 0.25) is 0 Å². The van der Waals surface area contributed by atoms with Crippen LogP contribution in [0.25, 0.3) is 0 Å². The number of likely N-dealkylation sites (N-methyl/N-ethyl adjacent to an activating group) is 1. The minimum absolute atomic E-state index is 0.0621. The first-order chi connectivity index (χ1) is 8.38. The van der Waals surface area contributed by atoms with E-state index in [0.29, 0.717) is 19.5 Å². The Morgan fingerprint density at radius 1 is 1.11 bits per heavy atom. The van der Waals surface area contributed by atoms with Gasteiger partial charge < -0.3 is 4.90 Å². The molecule has 0 aliphatic carbocycles. The van der Waals surface area contributed by atoms with Crippen LogP contribution in [0.1, 0.15) is 19.4 Å². The Labute approximate surface area is 109 Å². The van der Waals surface area contributed by atoms with Crippen molar-refractivity contribution in [1.29, 1.82) is 0 Å². The Balaban J connectivity index is 2.79. The summed E-state index contributed by atoms with van der Waals surface area (Å²) < 4.78 is 22.6. The van der Waals surface area contributed by atoms with Gasteiger partial charge >= 0.3 is 0 Å². The lowest BCUT2D eigenvalue weighted by Gasteiger charge is -2.18. The van der Waals surface area contributed by atoms with Gasteiger partial charge in [-0.05, 0) is 31.5 Å². The van der Waals surface area contributed by atoms with Crippen molar-refractivity contribution in [3.63, 3.8) is 0 Å². The van der Waals surface area contributed by atoms with Gasteiger partial charge in [-0.3, -0.25) is 4.79 Å². The second-order valence-electron chi connectivity index (χ2n) is 4.16. The number of nitrogens with zero attached hydrogens (tertiary/aromatic N) is 1. The molecule has 1 amide bonds. The van der Waals surface area contributed by atoms with Gasteiger partial charge in [0.1, 0.15) is 0 Å². The molecule has 0 aromatic heterocycles. The van der Waals surface area contributed by atoms with Crippen LogP contribution >= 0.6 is 0 Å². The Hall–Kier alpha value is -1.36. The van der Waals surface area contributed by atoms with Gasteiger partial charge in [0, 0.05) is 19.3 Å². The molecule has 0 saturated heterocycles. The summed E-state index contributed by atoms with van der Waals surface area (Å²) in [6.45, 7) is 5.26. The van der Waals surface area contributed by atoms with Crippen molar-refractivity contribution in [1.82, 2.24) is 4.90 Å². The molecule has 0 saturated carbocycles. The summed E-state index contributed by atoms with van der Waals surface area (Å²) in [4.78, 5) is 13.9. The molecule has 1 aromatic carbocycles. The fourth-order valence-electron chi connectivity index (χ4n) is 1.72. The van der Waals surface area contributed by atoms with E-state index in [2.05, 4.69) is 0 Å². The minimum atomic E-state index is -3.17. The molecule has 0 spiro atoms. The first-order valence-electron chi connectivity index (χ1n) is 5.95. The average molecular weight is 269 g/mol. The van der Waals surface area contributed by atoms with Crippen LogP contribution in [0.4, 0.5) is 0 Å². The van der Waals surface area contributed by atoms with E-state index in [4.69, 9.17) is 0 Å². The van der Waals surface area contributed by atoms with Crippen molar-refractivity contribution < 1.29 is 13.2 Å². The molecule has 100 valence electrons. The third kappa shape index (κ3) is 3.84. The van der Waals surface area contributed by atoms with Crippen molar-refractivity contribution in [2.45, 2.75) is 25.2 Å². The topological polar surface area (TPSA) is 54.5 Å². The van der Waals surface area contributed by atoms with Crippen molar-refractivity contribution >= 4 is 15.7 Å². The fraction of sp³-hybridized carbons (Fsp3) is 0.462. The summed E-state index contributed by atoms with van der Waals surface area (Å²) in [5, 5.41) is 0. The fourth-order valence-corrected chi connectivity index (χ4v) is 2.35. The molecule has 0 aliphatic heterocycles. The summed E-state index contributed by atoms with van der Waals surface area (Å²) >= 11 is 0. The maximum absolute atomic E-state index is 11.9. The number of sulfone groups is 1. The molecule has 4 nitrogen and oxygen atoms in total. The van der Waals surface area contributed by atoms with Gasteiger partial charge in [0.2, 0.25) is 5.91 Å². The molecule has 1 rings (SSSR count). The molecule has 18 heavy (non-hydrogen) atoms. The zero-order valence-electron chi connectivity index (χ0n) is 11.0. The van der Waals surface area contributed by atoms with Gasteiger partial charge in [0.25, 0.3) is 0 Å². The third-order valence-corrected chi connectivity index (χ3v) is 3.95. The van der Waals surface area contributed by atoms with E-state index < -0.39 is 9.84 Å². The molecular formula is C13H19NO3S. The quantitative estimate of drug-likeness (QED) is 0.814. The first-order valence-corrected chi connectivity index (χ1v) is 7.84. The molecule has 1 aromatic rings. The number of hydrogen-bond acceptors (Lipinski definition) is 3. The Morgan fingerprint density at radius 2 is 1.61 bits per heavy atom. The number of amides is 1. The van der Waals surface area contributed by atoms with Crippen LogP contribution in [0, 0.1) is 0 Å². The van der Waals surface area contributed by atoms with E-state index in [-0.39, 0.29) is 10.8 Å². The van der Waals surface area contributed by atoms with Gasteiger partial charge in [-0.15, -0.1) is 0 Å². The van der Waals surface area contributed by atoms with Crippen LogP contribution in [-0.4, -0.2) is 38.6 Å². The van der Waals surface area contributed by atoms with Gasteiger partial charge in [-0.1, -0.05) is 12.1 Å². The maximum Gasteiger partial charge on any atom is 0.226 e. The van der Waals surface area contributed by atoms with Crippen molar-refractivity contribution in [2.24, 2.45) is 0 Å². The summed E-state index contributed by atoms with van der Waals surface area (Å²) in [5.74, 6) is 0.0621. The molecule has 0 radical (unpaired) electrons. The second-order valence-corrected chi connectivity index (χ2v) is 6.17. The molecular weight excluding hydrogens is 250 g/mol. The highest BCUT2D eigenvalue weighted by molar-refractivity contribution is 7.90. The Morgan fingerprint density at radius 3 is 2.00 bits per heavy atom. The number of benzene rings is 1. The molecule has 0 fully saturated rings. The summed E-state index contributed by atoms with van der Waals surface area (Å²) in [5.41, 5.74) is 0.833. The molecule has 0 atom stereocenters. The molecule has 0 aliphatic rings. The highest BCUT2D eigenvalue weighted by Crippen LogP contribution is 2.11. The standard InChI is InChI=1S/C13H19NO3S/c1-4-14(5-2)13(15)10-11-6-8-12(9-7-11)18(3,16)17/h6-9H,4-5,10H2,1-3H3. The normalized spacial score (nSPS) is 11.3. The lowest BCUT2D eigenvalue weighted by atomic mass is 10.1. The second kappa shape index (κ2) is 6.00. The van der Waals surface area contributed by atoms with E-state index in [9.17, 15) is 13.2 Å². The van der Waals surface area contributed by atoms with Crippen molar-refractivity contribution in [3.8, 4) is 0 Å². The zero-order chi connectivity index (χ0) is 13.8. The molecule has 5 heteroatoms. The summed E-state index contributed by atoms with van der Waals surface area (Å²) in [7, 11) is -3.17. The number of carbonyl (C=O) groups excluding carboxylic acids is 1. The van der Waals surface area contributed by atoms with E-state index in [1.54, 1.807) is 29.2 Å². The molecule has 0 unspecified atom stereocenters. The third-order valence-electron chi connectivity index (χ3n) is 2.82. The van der Waals surface area contributed by atoms with Crippen LogP contribution in [0.15, 0.2) is 29.2 Å². The van der Waals surface area contributed by atoms with Crippen LogP contribution in [-0.2, 0) is 21.1 Å². The van der Waals surface area contributed by atoms with Crippen molar-refractivity contribution in [2.75, 3.05) is 19.3 Å². The van der Waals surface area contributed by atoms with Crippen LogP contribution < -0.4 is 0 Å². The number of carbonyl (C=O) groups is 1. The van der Waals surface area contributed by atoms with Crippen LogP contribution in [0.3, 0.4) is 0 Å². The van der Waals surface area contributed by atoms with Gasteiger partial charge in [0.05, 0.1) is 11.3 Å². The monoisotopic (exact) mass is 269 g/mol. The van der Waals surface area contributed by atoms with Gasteiger partial charge in [0.15, 0.2) is 9.84 Å².